The molecule has 2 aromatic heterocycles. The number of nitrogens with two attached hydrogens (primary N) is 1. The monoisotopic (exact) mass is 476 g/mol. The summed E-state index contributed by atoms with van der Waals surface area (Å²) in [5.41, 5.74) is 6.57. The largest absolute Gasteiger partial charge is 0.457 e. The first-order valence-electron chi connectivity index (χ1n) is 10.2. The van der Waals surface area contributed by atoms with Gasteiger partial charge >= 0.3 is 5.97 Å². The SMILES string of the molecule is Cc1c(C(=O)OCc2ccccc2)sc2ncn(CC(=O)Nc3ccccc3C(N)=O)c(=O)c12. The van der Waals surface area contributed by atoms with Gasteiger partial charge in [-0.15, -0.1) is 11.3 Å². The van der Waals surface area contributed by atoms with E-state index in [0.717, 1.165) is 21.5 Å². The van der Waals surface area contributed by atoms with Crippen LogP contribution in [0.2, 0.25) is 0 Å². The fraction of sp³-hybridized carbons (Fsp3) is 0.125. The summed E-state index contributed by atoms with van der Waals surface area (Å²) in [7, 11) is 0. The third-order valence-electron chi connectivity index (χ3n) is 5.10. The van der Waals surface area contributed by atoms with Gasteiger partial charge in [0.05, 0.1) is 23.0 Å². The van der Waals surface area contributed by atoms with E-state index in [1.54, 1.807) is 25.1 Å². The first-order valence-corrected chi connectivity index (χ1v) is 11.0. The molecular formula is C24H20N4O5S. The van der Waals surface area contributed by atoms with Gasteiger partial charge in [0.1, 0.15) is 22.9 Å². The quantitative estimate of drug-likeness (QED) is 0.394. The number of rotatable bonds is 7. The average molecular weight is 477 g/mol. The molecule has 2 amide bonds. The molecule has 0 aliphatic carbocycles. The van der Waals surface area contributed by atoms with E-state index in [1.807, 2.05) is 30.3 Å². The second-order valence-corrected chi connectivity index (χ2v) is 8.43. The molecule has 0 radical (unpaired) electrons. The Hall–Kier alpha value is -4.31. The highest BCUT2D eigenvalue weighted by atomic mass is 32.1. The second kappa shape index (κ2) is 9.67. The van der Waals surface area contributed by atoms with Gasteiger partial charge in [0.15, 0.2) is 0 Å². The van der Waals surface area contributed by atoms with Crippen molar-refractivity contribution in [1.82, 2.24) is 9.55 Å². The summed E-state index contributed by atoms with van der Waals surface area (Å²) in [6.45, 7) is 1.42. The summed E-state index contributed by atoms with van der Waals surface area (Å²) in [6.07, 6.45) is 1.25. The van der Waals surface area contributed by atoms with Crippen molar-refractivity contribution in [3.63, 3.8) is 0 Å². The zero-order chi connectivity index (χ0) is 24.2. The van der Waals surface area contributed by atoms with Crippen LogP contribution in [0.4, 0.5) is 5.69 Å². The number of benzene rings is 2. The number of ether oxygens (including phenoxy) is 1. The zero-order valence-electron chi connectivity index (χ0n) is 18.1. The lowest BCUT2D eigenvalue weighted by Gasteiger charge is -2.10. The Balaban J connectivity index is 1.54. The predicted molar refractivity (Wildman–Crippen MR) is 128 cm³/mol. The average Bonchev–Trinajstić information content (AvgIpc) is 3.17. The van der Waals surface area contributed by atoms with Crippen molar-refractivity contribution < 1.29 is 19.1 Å². The molecule has 0 atom stereocenters. The van der Waals surface area contributed by atoms with Gasteiger partial charge < -0.3 is 15.8 Å². The molecule has 9 nitrogen and oxygen atoms in total. The Labute approximate surface area is 197 Å². The Morgan fingerprint density at radius 2 is 1.79 bits per heavy atom. The molecular weight excluding hydrogens is 456 g/mol. The maximum atomic E-state index is 13.1. The highest BCUT2D eigenvalue weighted by Gasteiger charge is 2.21. The van der Waals surface area contributed by atoms with Crippen LogP contribution in [0.1, 0.15) is 31.2 Å². The number of hydrogen-bond donors (Lipinski definition) is 2. The molecule has 0 fully saturated rings. The molecule has 0 unspecified atom stereocenters. The third-order valence-corrected chi connectivity index (χ3v) is 6.28. The van der Waals surface area contributed by atoms with Crippen molar-refractivity contribution in [3.05, 3.63) is 92.8 Å². The van der Waals surface area contributed by atoms with Gasteiger partial charge in [-0.3, -0.25) is 19.0 Å². The number of carbonyl (C=O) groups excluding carboxylic acids is 3. The van der Waals surface area contributed by atoms with E-state index in [2.05, 4.69) is 10.3 Å². The number of amides is 2. The maximum Gasteiger partial charge on any atom is 0.349 e. The van der Waals surface area contributed by atoms with E-state index in [0.29, 0.717) is 10.4 Å². The van der Waals surface area contributed by atoms with Crippen LogP contribution in [0, 0.1) is 6.92 Å². The van der Waals surface area contributed by atoms with Gasteiger partial charge in [-0.05, 0) is 30.2 Å². The fourth-order valence-corrected chi connectivity index (χ4v) is 4.44. The number of aryl methyl sites for hydroxylation is 1. The summed E-state index contributed by atoms with van der Waals surface area (Å²) in [5.74, 6) is -1.76. The van der Waals surface area contributed by atoms with Crippen LogP contribution >= 0.6 is 11.3 Å². The standard InChI is InChI=1S/C24H20N4O5S/c1-14-19-22(34-20(14)24(32)33-12-15-7-3-2-4-8-15)26-13-28(23(19)31)11-18(29)27-17-10-6-5-9-16(17)21(25)30/h2-10,13H,11-12H2,1H3,(H2,25,30)(H,27,29). The number of carbonyl (C=O) groups is 3. The fourth-order valence-electron chi connectivity index (χ4n) is 3.41. The molecule has 0 saturated carbocycles. The molecule has 0 aliphatic rings. The van der Waals surface area contributed by atoms with E-state index in [1.165, 1.54) is 12.4 Å². The van der Waals surface area contributed by atoms with Gasteiger partial charge in [-0.2, -0.15) is 0 Å². The lowest BCUT2D eigenvalue weighted by Crippen LogP contribution is -2.28. The van der Waals surface area contributed by atoms with Gasteiger partial charge in [0.25, 0.3) is 11.5 Å². The Morgan fingerprint density at radius 1 is 1.09 bits per heavy atom. The van der Waals surface area contributed by atoms with E-state index >= 15 is 0 Å². The minimum atomic E-state index is -0.684. The molecule has 0 spiro atoms. The molecule has 0 saturated heterocycles. The van der Waals surface area contributed by atoms with Crippen LogP contribution < -0.4 is 16.6 Å². The first kappa shape index (κ1) is 22.9. The van der Waals surface area contributed by atoms with Crippen molar-refractivity contribution in [2.24, 2.45) is 5.73 Å². The zero-order valence-corrected chi connectivity index (χ0v) is 18.9. The number of hydrogen-bond acceptors (Lipinski definition) is 7. The lowest BCUT2D eigenvalue weighted by atomic mass is 10.1. The molecule has 0 bridgehead atoms. The summed E-state index contributed by atoms with van der Waals surface area (Å²) in [4.78, 5) is 54.7. The summed E-state index contributed by atoms with van der Waals surface area (Å²) < 4.78 is 6.53. The van der Waals surface area contributed by atoms with Crippen molar-refractivity contribution in [3.8, 4) is 0 Å². The van der Waals surface area contributed by atoms with Gasteiger partial charge in [0, 0.05) is 0 Å². The van der Waals surface area contributed by atoms with Crippen molar-refractivity contribution >= 4 is 45.0 Å². The van der Waals surface area contributed by atoms with Crippen LogP contribution in [0.5, 0.6) is 0 Å². The number of esters is 1. The Morgan fingerprint density at radius 3 is 2.53 bits per heavy atom. The smallest absolute Gasteiger partial charge is 0.349 e. The number of primary amides is 1. The minimum Gasteiger partial charge on any atom is -0.457 e. The number of nitrogens with zero attached hydrogens (tertiary/aromatic N) is 2. The van der Waals surface area contributed by atoms with Crippen LogP contribution in [-0.4, -0.2) is 27.3 Å². The van der Waals surface area contributed by atoms with Gasteiger partial charge in [0.2, 0.25) is 5.91 Å². The molecule has 172 valence electrons. The van der Waals surface area contributed by atoms with Crippen molar-refractivity contribution in [2.45, 2.75) is 20.1 Å². The van der Waals surface area contributed by atoms with E-state index in [4.69, 9.17) is 10.5 Å². The summed E-state index contributed by atoms with van der Waals surface area (Å²) in [5, 5.41) is 2.84. The number of anilines is 1. The van der Waals surface area contributed by atoms with Crippen LogP contribution in [-0.2, 0) is 22.7 Å². The number of nitrogens with one attached hydrogen (secondary N) is 1. The predicted octanol–water partition coefficient (Wildman–Crippen LogP) is 2.86. The number of thiophene rings is 1. The van der Waals surface area contributed by atoms with Crippen molar-refractivity contribution in [2.75, 3.05) is 5.32 Å². The van der Waals surface area contributed by atoms with Gasteiger partial charge in [-0.25, -0.2) is 9.78 Å². The van der Waals surface area contributed by atoms with E-state index < -0.39 is 23.3 Å². The highest BCUT2D eigenvalue weighted by molar-refractivity contribution is 7.20. The topological polar surface area (TPSA) is 133 Å². The molecule has 3 N–H and O–H groups in total. The number of fused-ring (bicyclic) bond motifs is 1. The summed E-state index contributed by atoms with van der Waals surface area (Å²) >= 11 is 1.07. The van der Waals surface area contributed by atoms with Crippen LogP contribution in [0.3, 0.4) is 0 Å². The molecule has 4 aromatic rings. The molecule has 2 heterocycles. The van der Waals surface area contributed by atoms with Crippen LogP contribution in [0.15, 0.2) is 65.7 Å². The Bertz CT molecular complexity index is 1460. The van der Waals surface area contributed by atoms with Crippen molar-refractivity contribution in [1.29, 1.82) is 0 Å². The third kappa shape index (κ3) is 4.71. The number of para-hydroxylation sites is 1. The number of aromatic nitrogens is 2. The minimum absolute atomic E-state index is 0.109. The van der Waals surface area contributed by atoms with E-state index in [9.17, 15) is 19.2 Å². The normalized spacial score (nSPS) is 10.7. The van der Waals surface area contributed by atoms with Crippen LogP contribution in [0.25, 0.3) is 10.2 Å². The highest BCUT2D eigenvalue weighted by Crippen LogP contribution is 2.27. The molecule has 10 heteroatoms. The Kier molecular flexibility index (Phi) is 6.51. The molecule has 34 heavy (non-hydrogen) atoms. The van der Waals surface area contributed by atoms with Gasteiger partial charge in [-0.1, -0.05) is 42.5 Å². The molecule has 2 aromatic carbocycles. The van der Waals surface area contributed by atoms with E-state index in [-0.39, 0.29) is 34.7 Å². The lowest BCUT2D eigenvalue weighted by molar-refractivity contribution is -0.116. The second-order valence-electron chi connectivity index (χ2n) is 7.43. The first-order chi connectivity index (χ1) is 16.3. The molecule has 4 rings (SSSR count). The maximum absolute atomic E-state index is 13.1. The summed E-state index contributed by atoms with van der Waals surface area (Å²) in [6, 6.07) is 15.6. The molecule has 0 aliphatic heterocycles.